The van der Waals surface area contributed by atoms with E-state index < -0.39 is 0 Å². The van der Waals surface area contributed by atoms with Crippen LogP contribution in [0.25, 0.3) is 0 Å². The van der Waals surface area contributed by atoms with Crippen molar-refractivity contribution in [1.82, 2.24) is 0 Å². The van der Waals surface area contributed by atoms with E-state index in [0.717, 1.165) is 16.6 Å². The Morgan fingerprint density at radius 3 is 2.73 bits per heavy atom. The molecule has 0 aliphatic heterocycles. The second-order valence-electron chi connectivity index (χ2n) is 3.82. The summed E-state index contributed by atoms with van der Waals surface area (Å²) in [7, 11) is 0. The van der Waals surface area contributed by atoms with Gasteiger partial charge in [0.15, 0.2) is 0 Å². The van der Waals surface area contributed by atoms with Crippen molar-refractivity contribution in [2.24, 2.45) is 5.92 Å². The zero-order chi connectivity index (χ0) is 11.3. The molecule has 0 aliphatic rings. The molecule has 0 N–H and O–H groups in total. The first-order valence-corrected chi connectivity index (χ1v) is 5.74. The van der Waals surface area contributed by atoms with Crippen LogP contribution in [0.4, 0.5) is 0 Å². The summed E-state index contributed by atoms with van der Waals surface area (Å²) < 4.78 is 6.44. The Balaban J connectivity index is 2.61. The molecule has 1 aromatic rings. The molecule has 0 atom stereocenters. The SMILES string of the molecule is CC(C)CCOc1cc(Br)cc(C#N)c1. The van der Waals surface area contributed by atoms with Crippen molar-refractivity contribution in [3.8, 4) is 11.8 Å². The molecule has 15 heavy (non-hydrogen) atoms. The molecular formula is C12H14BrNO. The molecule has 0 saturated heterocycles. The molecule has 0 spiro atoms. The van der Waals surface area contributed by atoms with Crippen LogP contribution in [-0.4, -0.2) is 6.61 Å². The van der Waals surface area contributed by atoms with Crippen molar-refractivity contribution in [1.29, 1.82) is 5.26 Å². The van der Waals surface area contributed by atoms with Crippen LogP contribution in [0.2, 0.25) is 0 Å². The number of rotatable bonds is 4. The molecule has 0 amide bonds. The van der Waals surface area contributed by atoms with Gasteiger partial charge in [-0.2, -0.15) is 5.26 Å². The lowest BCUT2D eigenvalue weighted by molar-refractivity contribution is 0.289. The maximum Gasteiger partial charge on any atom is 0.121 e. The lowest BCUT2D eigenvalue weighted by Crippen LogP contribution is -2.01. The number of ether oxygens (including phenoxy) is 1. The number of benzene rings is 1. The van der Waals surface area contributed by atoms with E-state index in [9.17, 15) is 0 Å². The van der Waals surface area contributed by atoms with Gasteiger partial charge in [0.2, 0.25) is 0 Å². The predicted octanol–water partition coefficient (Wildman–Crippen LogP) is 3.75. The number of hydrogen-bond acceptors (Lipinski definition) is 2. The van der Waals surface area contributed by atoms with Gasteiger partial charge in [0.05, 0.1) is 18.2 Å². The second-order valence-corrected chi connectivity index (χ2v) is 4.73. The van der Waals surface area contributed by atoms with Gasteiger partial charge in [-0.05, 0) is 30.5 Å². The van der Waals surface area contributed by atoms with Crippen LogP contribution < -0.4 is 4.74 Å². The normalized spacial score (nSPS) is 10.1. The maximum absolute atomic E-state index is 8.77. The van der Waals surface area contributed by atoms with Crippen LogP contribution in [0, 0.1) is 17.2 Å². The first-order valence-electron chi connectivity index (χ1n) is 4.95. The first kappa shape index (κ1) is 12.1. The van der Waals surface area contributed by atoms with Crippen LogP contribution in [0.1, 0.15) is 25.8 Å². The highest BCUT2D eigenvalue weighted by Gasteiger charge is 2.00. The van der Waals surface area contributed by atoms with Gasteiger partial charge in [-0.3, -0.25) is 0 Å². The fraction of sp³-hybridized carbons (Fsp3) is 0.417. The summed E-state index contributed by atoms with van der Waals surface area (Å²) >= 11 is 3.34. The van der Waals surface area contributed by atoms with Gasteiger partial charge in [-0.25, -0.2) is 0 Å². The summed E-state index contributed by atoms with van der Waals surface area (Å²) in [6.07, 6.45) is 1.02. The zero-order valence-electron chi connectivity index (χ0n) is 8.96. The number of nitrogens with zero attached hydrogens (tertiary/aromatic N) is 1. The summed E-state index contributed by atoms with van der Waals surface area (Å²) in [4.78, 5) is 0. The minimum atomic E-state index is 0.615. The van der Waals surface area contributed by atoms with E-state index >= 15 is 0 Å². The highest BCUT2D eigenvalue weighted by atomic mass is 79.9. The largest absolute Gasteiger partial charge is 0.494 e. The van der Waals surface area contributed by atoms with Crippen molar-refractivity contribution < 1.29 is 4.74 Å². The average Bonchev–Trinajstić information content (AvgIpc) is 2.16. The molecule has 0 aromatic heterocycles. The molecule has 0 bridgehead atoms. The Kier molecular flexibility index (Phi) is 4.64. The fourth-order valence-electron chi connectivity index (χ4n) is 1.12. The van der Waals surface area contributed by atoms with E-state index in [4.69, 9.17) is 10.00 Å². The fourth-order valence-corrected chi connectivity index (χ4v) is 1.60. The van der Waals surface area contributed by atoms with Gasteiger partial charge >= 0.3 is 0 Å². The highest BCUT2D eigenvalue weighted by molar-refractivity contribution is 9.10. The number of halogens is 1. The third-order valence-corrected chi connectivity index (χ3v) is 2.42. The topological polar surface area (TPSA) is 33.0 Å². The lowest BCUT2D eigenvalue weighted by Gasteiger charge is -2.08. The average molecular weight is 268 g/mol. The van der Waals surface area contributed by atoms with E-state index in [1.54, 1.807) is 12.1 Å². The molecule has 80 valence electrons. The second kappa shape index (κ2) is 5.77. The predicted molar refractivity (Wildman–Crippen MR) is 63.8 cm³/mol. The molecule has 3 heteroatoms. The van der Waals surface area contributed by atoms with E-state index in [1.165, 1.54) is 0 Å². The van der Waals surface area contributed by atoms with Crippen LogP contribution in [0.3, 0.4) is 0 Å². The van der Waals surface area contributed by atoms with Crippen molar-refractivity contribution in [3.05, 3.63) is 28.2 Å². The van der Waals surface area contributed by atoms with Crippen LogP contribution in [0.5, 0.6) is 5.75 Å². The van der Waals surface area contributed by atoms with Crippen molar-refractivity contribution in [2.75, 3.05) is 6.61 Å². The quantitative estimate of drug-likeness (QED) is 0.833. The summed E-state index contributed by atoms with van der Waals surface area (Å²) in [5.74, 6) is 1.38. The maximum atomic E-state index is 8.77. The van der Waals surface area contributed by atoms with Gasteiger partial charge in [0.1, 0.15) is 5.75 Å². The summed E-state index contributed by atoms with van der Waals surface area (Å²) in [6, 6.07) is 7.50. The van der Waals surface area contributed by atoms with Crippen molar-refractivity contribution in [2.45, 2.75) is 20.3 Å². The van der Waals surface area contributed by atoms with Crippen LogP contribution in [-0.2, 0) is 0 Å². The van der Waals surface area contributed by atoms with Gasteiger partial charge in [-0.15, -0.1) is 0 Å². The minimum Gasteiger partial charge on any atom is -0.494 e. The third-order valence-electron chi connectivity index (χ3n) is 1.96. The summed E-state index contributed by atoms with van der Waals surface area (Å²) in [5, 5.41) is 8.77. The Morgan fingerprint density at radius 1 is 1.40 bits per heavy atom. The molecule has 2 nitrogen and oxygen atoms in total. The lowest BCUT2D eigenvalue weighted by atomic mass is 10.1. The summed E-state index contributed by atoms with van der Waals surface area (Å²) in [5.41, 5.74) is 0.615. The Bertz CT molecular complexity index is 368. The molecule has 1 aromatic carbocycles. The Labute approximate surface area is 99.0 Å². The van der Waals surface area contributed by atoms with Gasteiger partial charge in [0.25, 0.3) is 0 Å². The van der Waals surface area contributed by atoms with Crippen molar-refractivity contribution >= 4 is 15.9 Å². The van der Waals surface area contributed by atoms with E-state index in [1.807, 2.05) is 6.07 Å². The van der Waals surface area contributed by atoms with Gasteiger partial charge < -0.3 is 4.74 Å². The van der Waals surface area contributed by atoms with Crippen LogP contribution >= 0.6 is 15.9 Å². The van der Waals surface area contributed by atoms with Gasteiger partial charge in [-0.1, -0.05) is 29.8 Å². The van der Waals surface area contributed by atoms with Crippen LogP contribution in [0.15, 0.2) is 22.7 Å². The molecule has 1 rings (SSSR count). The molecule has 0 heterocycles. The molecule has 0 radical (unpaired) electrons. The monoisotopic (exact) mass is 267 g/mol. The van der Waals surface area contributed by atoms with E-state index in [0.29, 0.717) is 18.1 Å². The highest BCUT2D eigenvalue weighted by Crippen LogP contribution is 2.21. The molecule has 0 aliphatic carbocycles. The number of hydrogen-bond donors (Lipinski definition) is 0. The standard InChI is InChI=1S/C12H14BrNO/c1-9(2)3-4-15-12-6-10(8-14)5-11(13)7-12/h5-7,9H,3-4H2,1-2H3. The first-order chi connectivity index (χ1) is 7.11. The molecular weight excluding hydrogens is 254 g/mol. The van der Waals surface area contributed by atoms with E-state index in [-0.39, 0.29) is 0 Å². The Morgan fingerprint density at radius 2 is 2.13 bits per heavy atom. The third kappa shape index (κ3) is 4.35. The van der Waals surface area contributed by atoms with Gasteiger partial charge in [0, 0.05) is 4.47 Å². The van der Waals surface area contributed by atoms with Crippen molar-refractivity contribution in [3.63, 3.8) is 0 Å². The smallest absolute Gasteiger partial charge is 0.121 e. The summed E-state index contributed by atoms with van der Waals surface area (Å²) in [6.45, 7) is 5.01. The number of nitriles is 1. The molecule has 0 saturated carbocycles. The molecule has 0 unspecified atom stereocenters. The zero-order valence-corrected chi connectivity index (χ0v) is 10.5. The van der Waals surface area contributed by atoms with E-state index in [2.05, 4.69) is 35.8 Å². The Hall–Kier alpha value is -1.01. The molecule has 0 fully saturated rings. The minimum absolute atomic E-state index is 0.615.